The van der Waals surface area contributed by atoms with Gasteiger partial charge in [0.1, 0.15) is 29.9 Å². The predicted molar refractivity (Wildman–Crippen MR) is 113 cm³/mol. The van der Waals surface area contributed by atoms with E-state index in [1.165, 1.54) is 4.68 Å². The highest BCUT2D eigenvalue weighted by Crippen LogP contribution is 2.37. The van der Waals surface area contributed by atoms with E-state index in [1.54, 1.807) is 19.5 Å². The number of anilines is 2. The Kier molecular flexibility index (Phi) is 4.14. The van der Waals surface area contributed by atoms with Gasteiger partial charge in [0.2, 0.25) is 0 Å². The van der Waals surface area contributed by atoms with Crippen molar-refractivity contribution in [1.82, 2.24) is 30.5 Å². The summed E-state index contributed by atoms with van der Waals surface area (Å²) in [7, 11) is 1.72. The molecule has 156 valence electrons. The van der Waals surface area contributed by atoms with Crippen LogP contribution in [0.25, 0.3) is 11.3 Å². The molecule has 0 amide bonds. The van der Waals surface area contributed by atoms with E-state index in [0.717, 1.165) is 16.8 Å². The second-order valence-electron chi connectivity index (χ2n) is 7.46. The highest BCUT2D eigenvalue weighted by molar-refractivity contribution is 5.72. The summed E-state index contributed by atoms with van der Waals surface area (Å²) in [5, 5.41) is 30.5. The summed E-state index contributed by atoms with van der Waals surface area (Å²) in [6, 6.07) is 10.0. The van der Waals surface area contributed by atoms with Crippen molar-refractivity contribution in [3.63, 3.8) is 0 Å². The number of nitrogens with zero attached hydrogens (tertiary/aromatic N) is 8. The van der Waals surface area contributed by atoms with E-state index in [1.807, 2.05) is 36.1 Å². The second kappa shape index (κ2) is 6.88. The molecule has 31 heavy (non-hydrogen) atoms. The molecule has 3 N–H and O–H groups in total. The van der Waals surface area contributed by atoms with Crippen molar-refractivity contribution in [3.8, 4) is 23.1 Å². The van der Waals surface area contributed by atoms with Gasteiger partial charge in [-0.25, -0.2) is 5.01 Å². The van der Waals surface area contributed by atoms with Gasteiger partial charge in [0, 0.05) is 18.7 Å². The summed E-state index contributed by atoms with van der Waals surface area (Å²) in [6.07, 6.45) is 1.33. The van der Waals surface area contributed by atoms with E-state index in [4.69, 9.17) is 10.5 Å². The summed E-state index contributed by atoms with van der Waals surface area (Å²) < 4.78 is 7.77. The molecule has 11 nitrogen and oxygen atoms in total. The number of fused-ring (bicyclic) bond motifs is 7. The Morgan fingerprint density at radius 2 is 2.13 bits per heavy atom. The monoisotopic (exact) mass is 416 g/mol. The van der Waals surface area contributed by atoms with Crippen molar-refractivity contribution in [2.75, 3.05) is 10.9 Å². The highest BCUT2D eigenvalue weighted by atomic mass is 16.5. The summed E-state index contributed by atoms with van der Waals surface area (Å²) >= 11 is 0. The lowest BCUT2D eigenvalue weighted by molar-refractivity contribution is 0.226. The molecule has 11 heteroatoms. The lowest BCUT2D eigenvalue weighted by Gasteiger charge is -2.31. The maximum Gasteiger partial charge on any atom is 0.188 e. The molecule has 0 aliphatic carbocycles. The quantitative estimate of drug-likeness (QED) is 0.562. The van der Waals surface area contributed by atoms with E-state index in [9.17, 15) is 5.26 Å². The molecule has 1 aromatic carbocycles. The van der Waals surface area contributed by atoms with Gasteiger partial charge in [-0.2, -0.15) is 21.0 Å². The van der Waals surface area contributed by atoms with Gasteiger partial charge in [-0.1, -0.05) is 17.7 Å². The SMILES string of the molecule is Cc1ccc2c(c1)[C@@H](C)Oc1cc(nnc1N)-c1c(nn(C)c1C#N)CN1C=NNN21. The number of ether oxygens (including phenoxy) is 1. The van der Waals surface area contributed by atoms with Gasteiger partial charge < -0.3 is 10.5 Å². The van der Waals surface area contributed by atoms with Crippen LogP contribution in [0.3, 0.4) is 0 Å². The van der Waals surface area contributed by atoms with Crippen molar-refractivity contribution in [2.24, 2.45) is 12.1 Å². The van der Waals surface area contributed by atoms with Crippen LogP contribution in [-0.2, 0) is 13.6 Å². The third-order valence-corrected chi connectivity index (χ3v) is 5.33. The summed E-state index contributed by atoms with van der Waals surface area (Å²) in [5.41, 5.74) is 14.1. The van der Waals surface area contributed by atoms with Crippen LogP contribution in [0.4, 0.5) is 11.5 Å². The van der Waals surface area contributed by atoms with Crippen molar-refractivity contribution in [3.05, 3.63) is 46.8 Å². The number of hydrazone groups is 1. The summed E-state index contributed by atoms with van der Waals surface area (Å²) in [4.78, 5) is 0. The lowest BCUT2D eigenvalue weighted by Crippen LogP contribution is -2.43. The van der Waals surface area contributed by atoms with Crippen molar-refractivity contribution in [2.45, 2.75) is 26.5 Å². The molecular weight excluding hydrogens is 396 g/mol. The normalized spacial score (nSPS) is 16.8. The van der Waals surface area contributed by atoms with E-state index in [2.05, 4.69) is 38.1 Å². The minimum atomic E-state index is -0.346. The molecular formula is C20H20N10O. The molecule has 2 aliphatic rings. The molecule has 0 unspecified atom stereocenters. The fraction of sp³-hybridized carbons (Fsp3) is 0.250. The minimum absolute atomic E-state index is 0.176. The predicted octanol–water partition coefficient (Wildman–Crippen LogP) is 1.78. The maximum absolute atomic E-state index is 9.75. The molecule has 2 bridgehead atoms. The Labute approximate surface area is 178 Å². The number of hydrogen-bond donors (Lipinski definition) is 2. The van der Waals surface area contributed by atoms with Gasteiger partial charge in [0.25, 0.3) is 0 Å². The fourth-order valence-electron chi connectivity index (χ4n) is 3.85. The van der Waals surface area contributed by atoms with E-state index >= 15 is 0 Å². The number of nitriles is 1. The van der Waals surface area contributed by atoms with Gasteiger partial charge in [-0.15, -0.1) is 15.3 Å². The summed E-state index contributed by atoms with van der Waals surface area (Å²) in [6.45, 7) is 4.32. The molecule has 0 radical (unpaired) electrons. The van der Waals surface area contributed by atoms with Crippen LogP contribution in [0.1, 0.15) is 35.5 Å². The van der Waals surface area contributed by atoms with Crippen LogP contribution in [0.2, 0.25) is 0 Å². The van der Waals surface area contributed by atoms with Crippen molar-refractivity contribution >= 4 is 17.8 Å². The van der Waals surface area contributed by atoms with Crippen molar-refractivity contribution in [1.29, 1.82) is 5.26 Å². The van der Waals surface area contributed by atoms with Crippen LogP contribution in [0.15, 0.2) is 29.4 Å². The first kappa shape index (κ1) is 18.7. The second-order valence-corrected chi connectivity index (χ2v) is 7.46. The largest absolute Gasteiger partial charge is 0.482 e. The molecule has 3 aromatic rings. The standard InChI is InChI=1S/C20H20N10O/c1-11-4-5-16-13(6-11)12(2)31-18-7-14(24-25-20(18)22)19-15(26-28(3)17(19)8-21)9-29-10-23-27-30(16)29/h4-7,10,12,27H,9H2,1-3H3,(H2,22,25)/t12-/m1/s1. The van der Waals surface area contributed by atoms with Gasteiger partial charge in [0.05, 0.1) is 23.5 Å². The highest BCUT2D eigenvalue weighted by Gasteiger charge is 2.29. The summed E-state index contributed by atoms with van der Waals surface area (Å²) in [5.74, 6) is 0.571. The van der Waals surface area contributed by atoms with Crippen LogP contribution < -0.4 is 21.1 Å². The number of aryl methyl sites for hydroxylation is 2. The van der Waals surface area contributed by atoms with Crippen LogP contribution in [0.5, 0.6) is 5.75 Å². The minimum Gasteiger partial charge on any atom is -0.482 e. The lowest BCUT2D eigenvalue weighted by atomic mass is 10.0. The Morgan fingerprint density at radius 3 is 2.94 bits per heavy atom. The number of benzene rings is 1. The molecule has 0 saturated heterocycles. The Hall–Kier alpha value is -4.33. The van der Waals surface area contributed by atoms with Crippen molar-refractivity contribution < 1.29 is 4.74 Å². The number of hydrogen-bond acceptors (Lipinski definition) is 10. The molecule has 2 aliphatic heterocycles. The molecule has 5 rings (SSSR count). The van der Waals surface area contributed by atoms with Gasteiger partial charge >= 0.3 is 0 Å². The Morgan fingerprint density at radius 1 is 1.29 bits per heavy atom. The van der Waals surface area contributed by atoms with Gasteiger partial charge in [0.15, 0.2) is 11.6 Å². The topological polar surface area (TPSA) is 134 Å². The van der Waals surface area contributed by atoms with Gasteiger partial charge in [-0.05, 0) is 19.9 Å². The van der Waals surface area contributed by atoms with Crippen LogP contribution in [0, 0.1) is 18.3 Å². The van der Waals surface area contributed by atoms with E-state index in [0.29, 0.717) is 34.9 Å². The Bertz CT molecular complexity index is 1260. The zero-order valence-electron chi connectivity index (χ0n) is 17.2. The zero-order chi connectivity index (χ0) is 21.7. The molecule has 0 fully saturated rings. The van der Waals surface area contributed by atoms with Crippen LogP contribution >= 0.6 is 0 Å². The molecule has 4 heterocycles. The molecule has 0 spiro atoms. The first-order valence-electron chi connectivity index (χ1n) is 9.68. The van der Waals surface area contributed by atoms with Gasteiger partial charge in [-0.3, -0.25) is 4.68 Å². The number of rotatable bonds is 0. The number of nitrogens with one attached hydrogen (secondary N) is 1. The first-order valence-corrected chi connectivity index (χ1v) is 9.68. The number of aromatic nitrogens is 4. The smallest absolute Gasteiger partial charge is 0.188 e. The average Bonchev–Trinajstić information content (AvgIpc) is 3.32. The first-order chi connectivity index (χ1) is 15.0. The molecule has 0 saturated carbocycles. The maximum atomic E-state index is 9.75. The number of nitrogen functional groups attached to an aromatic ring is 1. The third kappa shape index (κ3) is 2.96. The number of hydrazine groups is 2. The fourth-order valence-corrected chi connectivity index (χ4v) is 3.85. The van der Waals surface area contributed by atoms with E-state index in [-0.39, 0.29) is 11.9 Å². The number of nitrogens with two attached hydrogens (primary N) is 1. The van der Waals surface area contributed by atoms with Crippen LogP contribution in [-0.4, -0.2) is 31.3 Å². The molecule has 1 atom stereocenters. The third-order valence-electron chi connectivity index (χ3n) is 5.33. The zero-order valence-corrected chi connectivity index (χ0v) is 17.2. The van der Waals surface area contributed by atoms with E-state index < -0.39 is 0 Å². The Balaban J connectivity index is 1.76. The molecule has 2 aromatic heterocycles. The average molecular weight is 416 g/mol.